The highest BCUT2D eigenvalue weighted by atomic mass is 35.5. The molecule has 0 spiro atoms. The Balaban J connectivity index is 1.69. The molecule has 10 heteroatoms. The molecule has 166 valence electrons. The molecule has 7 nitrogen and oxygen atoms in total. The normalized spacial score (nSPS) is 15.8. The van der Waals surface area contributed by atoms with Crippen LogP contribution in [0.2, 0.25) is 5.02 Å². The minimum Gasteiger partial charge on any atom is -0.489 e. The molecule has 2 aromatic carbocycles. The SMILES string of the molecule is NC(=O)CCC(C(=O)O)N1C(=O)/C(=C/c2ccc(OCc3ccccc3Cl)cc2)SC1=S. The van der Waals surface area contributed by atoms with Gasteiger partial charge in [0.2, 0.25) is 5.91 Å². The van der Waals surface area contributed by atoms with Gasteiger partial charge in [0.1, 0.15) is 22.7 Å². The number of thioether (sulfide) groups is 1. The van der Waals surface area contributed by atoms with Crippen molar-refractivity contribution in [1.82, 2.24) is 4.90 Å². The van der Waals surface area contributed by atoms with Gasteiger partial charge in [0.25, 0.3) is 5.91 Å². The third-order valence-electron chi connectivity index (χ3n) is 4.61. The Morgan fingerprint density at radius 1 is 1.22 bits per heavy atom. The maximum absolute atomic E-state index is 12.8. The summed E-state index contributed by atoms with van der Waals surface area (Å²) < 4.78 is 5.87. The van der Waals surface area contributed by atoms with Gasteiger partial charge in [0.15, 0.2) is 0 Å². The molecule has 0 bridgehead atoms. The molecule has 32 heavy (non-hydrogen) atoms. The zero-order valence-corrected chi connectivity index (χ0v) is 19.1. The molecular weight excluding hydrogens is 472 g/mol. The first-order chi connectivity index (χ1) is 15.3. The Labute approximate surface area is 199 Å². The number of nitrogens with two attached hydrogens (primary N) is 1. The van der Waals surface area contributed by atoms with Crippen molar-refractivity contribution in [2.24, 2.45) is 5.73 Å². The van der Waals surface area contributed by atoms with Crippen molar-refractivity contribution in [3.05, 3.63) is 69.6 Å². The lowest BCUT2D eigenvalue weighted by atomic mass is 10.1. The van der Waals surface area contributed by atoms with Crippen LogP contribution in [-0.4, -0.2) is 38.2 Å². The number of carboxylic acids is 1. The Kier molecular flexibility index (Phi) is 7.89. The van der Waals surface area contributed by atoms with Crippen LogP contribution < -0.4 is 10.5 Å². The van der Waals surface area contributed by atoms with Gasteiger partial charge < -0.3 is 15.6 Å². The van der Waals surface area contributed by atoms with E-state index in [0.717, 1.165) is 27.8 Å². The fraction of sp³-hybridized carbons (Fsp3) is 0.182. The molecule has 1 atom stereocenters. The number of rotatable bonds is 9. The van der Waals surface area contributed by atoms with Gasteiger partial charge in [0.05, 0.1) is 4.91 Å². The number of carbonyl (C=O) groups is 3. The average Bonchev–Trinajstić information content (AvgIpc) is 3.02. The molecule has 3 N–H and O–H groups in total. The predicted octanol–water partition coefficient (Wildman–Crippen LogP) is 3.84. The van der Waals surface area contributed by atoms with Crippen LogP contribution in [0.3, 0.4) is 0 Å². The van der Waals surface area contributed by atoms with Gasteiger partial charge in [0, 0.05) is 17.0 Å². The highest BCUT2D eigenvalue weighted by molar-refractivity contribution is 8.26. The molecule has 0 aliphatic carbocycles. The van der Waals surface area contributed by atoms with E-state index in [1.807, 2.05) is 18.2 Å². The maximum Gasteiger partial charge on any atom is 0.326 e. The van der Waals surface area contributed by atoms with Crippen LogP contribution in [0.25, 0.3) is 6.08 Å². The summed E-state index contributed by atoms with van der Waals surface area (Å²) in [6, 6.07) is 13.2. The highest BCUT2D eigenvalue weighted by Crippen LogP contribution is 2.35. The van der Waals surface area contributed by atoms with E-state index in [2.05, 4.69) is 0 Å². The van der Waals surface area contributed by atoms with Crippen LogP contribution in [0.4, 0.5) is 0 Å². The predicted molar refractivity (Wildman–Crippen MR) is 127 cm³/mol. The molecule has 2 amide bonds. The molecule has 2 aromatic rings. The first-order valence-corrected chi connectivity index (χ1v) is 11.1. The number of halogens is 1. The summed E-state index contributed by atoms with van der Waals surface area (Å²) in [4.78, 5) is 36.8. The Morgan fingerprint density at radius 3 is 2.53 bits per heavy atom. The van der Waals surface area contributed by atoms with Crippen molar-refractivity contribution in [2.75, 3.05) is 0 Å². The standard InChI is InChI=1S/C22H19ClN2O5S2/c23-16-4-2-1-3-14(16)12-30-15-7-5-13(6-8-15)11-18-20(27)25(22(31)32-18)17(21(28)29)9-10-19(24)26/h1-8,11,17H,9-10,12H2,(H2,24,26)(H,28,29)/b18-11-. The fourth-order valence-electron chi connectivity index (χ4n) is 2.98. The Morgan fingerprint density at radius 2 is 1.91 bits per heavy atom. The topological polar surface area (TPSA) is 110 Å². The van der Waals surface area contributed by atoms with Gasteiger partial charge in [-0.3, -0.25) is 14.5 Å². The van der Waals surface area contributed by atoms with Crippen molar-refractivity contribution >= 4 is 63.8 Å². The molecule has 1 heterocycles. The summed E-state index contributed by atoms with van der Waals surface area (Å²) in [6.45, 7) is 0.319. The van der Waals surface area contributed by atoms with Crippen molar-refractivity contribution in [3.63, 3.8) is 0 Å². The third-order valence-corrected chi connectivity index (χ3v) is 6.31. The highest BCUT2D eigenvalue weighted by Gasteiger charge is 2.40. The van der Waals surface area contributed by atoms with E-state index in [0.29, 0.717) is 22.3 Å². The first-order valence-electron chi connectivity index (χ1n) is 9.50. The van der Waals surface area contributed by atoms with Gasteiger partial charge in [-0.15, -0.1) is 0 Å². The zero-order valence-electron chi connectivity index (χ0n) is 16.7. The molecule has 1 fully saturated rings. The van der Waals surface area contributed by atoms with E-state index in [4.69, 9.17) is 34.3 Å². The van der Waals surface area contributed by atoms with Crippen LogP contribution in [0.15, 0.2) is 53.4 Å². The Bertz CT molecular complexity index is 1090. The molecule has 1 saturated heterocycles. The van der Waals surface area contributed by atoms with E-state index in [9.17, 15) is 19.5 Å². The van der Waals surface area contributed by atoms with Crippen LogP contribution in [-0.2, 0) is 21.0 Å². The lowest BCUT2D eigenvalue weighted by Crippen LogP contribution is -2.44. The molecule has 1 unspecified atom stereocenters. The van der Waals surface area contributed by atoms with Crippen molar-refractivity contribution in [1.29, 1.82) is 0 Å². The van der Waals surface area contributed by atoms with E-state index in [1.165, 1.54) is 0 Å². The van der Waals surface area contributed by atoms with E-state index in [1.54, 1.807) is 36.4 Å². The molecule has 0 radical (unpaired) electrons. The molecule has 0 aromatic heterocycles. The number of hydrogen-bond acceptors (Lipinski definition) is 6. The Hall–Kier alpha value is -2.88. The smallest absolute Gasteiger partial charge is 0.326 e. The number of amides is 2. The number of aliphatic carboxylic acids is 1. The van der Waals surface area contributed by atoms with Crippen LogP contribution >= 0.6 is 35.6 Å². The van der Waals surface area contributed by atoms with E-state index < -0.39 is 23.8 Å². The van der Waals surface area contributed by atoms with E-state index >= 15 is 0 Å². The largest absolute Gasteiger partial charge is 0.489 e. The quantitative estimate of drug-likeness (QED) is 0.406. The number of benzene rings is 2. The van der Waals surface area contributed by atoms with Gasteiger partial charge in [-0.25, -0.2) is 4.79 Å². The second-order valence-electron chi connectivity index (χ2n) is 6.86. The number of thiocarbonyl (C=S) groups is 1. The zero-order chi connectivity index (χ0) is 23.3. The number of carbonyl (C=O) groups excluding carboxylic acids is 2. The molecule has 1 aliphatic rings. The summed E-state index contributed by atoms with van der Waals surface area (Å²) in [5, 5.41) is 10.1. The number of carboxylic acid groups (broad SMARTS) is 1. The summed E-state index contributed by atoms with van der Waals surface area (Å²) in [5.74, 6) is -1.78. The van der Waals surface area contributed by atoms with Crippen LogP contribution in [0.5, 0.6) is 5.75 Å². The number of primary amides is 1. The van der Waals surface area contributed by atoms with Crippen molar-refractivity contribution in [3.8, 4) is 5.75 Å². The molecule has 1 aliphatic heterocycles. The summed E-state index contributed by atoms with van der Waals surface area (Å²) in [5.41, 5.74) is 6.70. The summed E-state index contributed by atoms with van der Waals surface area (Å²) >= 11 is 12.4. The van der Waals surface area contributed by atoms with Crippen molar-refractivity contribution in [2.45, 2.75) is 25.5 Å². The molecular formula is C22H19ClN2O5S2. The minimum absolute atomic E-state index is 0.109. The molecule has 0 saturated carbocycles. The van der Waals surface area contributed by atoms with Crippen molar-refractivity contribution < 1.29 is 24.2 Å². The maximum atomic E-state index is 12.8. The average molecular weight is 491 g/mol. The third kappa shape index (κ3) is 5.87. The van der Waals surface area contributed by atoms with E-state index in [-0.39, 0.29) is 17.2 Å². The summed E-state index contributed by atoms with van der Waals surface area (Å²) in [7, 11) is 0. The first kappa shape index (κ1) is 23.8. The summed E-state index contributed by atoms with van der Waals surface area (Å²) in [6.07, 6.45) is 1.36. The van der Waals surface area contributed by atoms with Gasteiger partial charge >= 0.3 is 5.97 Å². The monoisotopic (exact) mass is 490 g/mol. The van der Waals surface area contributed by atoms with Gasteiger partial charge in [-0.1, -0.05) is 65.9 Å². The van der Waals surface area contributed by atoms with Gasteiger partial charge in [-0.05, 0) is 36.3 Å². The number of hydrogen-bond donors (Lipinski definition) is 2. The molecule has 3 rings (SSSR count). The second kappa shape index (κ2) is 10.6. The lowest BCUT2D eigenvalue weighted by molar-refractivity contribution is -0.145. The minimum atomic E-state index is -1.25. The lowest BCUT2D eigenvalue weighted by Gasteiger charge is -2.22. The van der Waals surface area contributed by atoms with Crippen LogP contribution in [0.1, 0.15) is 24.0 Å². The van der Waals surface area contributed by atoms with Crippen LogP contribution in [0, 0.1) is 0 Å². The number of ether oxygens (including phenoxy) is 1. The second-order valence-corrected chi connectivity index (χ2v) is 8.94. The van der Waals surface area contributed by atoms with Gasteiger partial charge in [-0.2, -0.15) is 0 Å². The fourth-order valence-corrected chi connectivity index (χ4v) is 4.53. The number of nitrogens with zero attached hydrogens (tertiary/aromatic N) is 1.